The maximum Gasteiger partial charge on any atom is 0.156 e. The van der Waals surface area contributed by atoms with E-state index < -0.39 is 0 Å². The number of rotatable bonds is 1. The molecule has 0 bridgehead atoms. The summed E-state index contributed by atoms with van der Waals surface area (Å²) in [5.74, 6) is 2.91. The quantitative estimate of drug-likeness (QED) is 0.711. The van der Waals surface area contributed by atoms with E-state index in [4.69, 9.17) is 0 Å². The average Bonchev–Trinajstić information content (AvgIpc) is 2.47. The van der Waals surface area contributed by atoms with E-state index >= 15 is 0 Å². The Kier molecular flexibility index (Phi) is 4.56. The molecule has 0 aromatic carbocycles. The lowest BCUT2D eigenvalue weighted by Crippen LogP contribution is -2.35. The third-order valence-electron chi connectivity index (χ3n) is 3.64. The van der Waals surface area contributed by atoms with Crippen molar-refractivity contribution in [3.63, 3.8) is 0 Å². The Morgan fingerprint density at radius 3 is 2.75 bits per heavy atom. The fourth-order valence-electron chi connectivity index (χ4n) is 2.45. The van der Waals surface area contributed by atoms with Gasteiger partial charge in [0.15, 0.2) is 5.17 Å². The number of nitrogens with one attached hydrogen (secondary N) is 1. The van der Waals surface area contributed by atoms with Crippen molar-refractivity contribution in [1.29, 1.82) is 0 Å². The van der Waals surface area contributed by atoms with E-state index in [0.717, 1.165) is 18.4 Å². The highest BCUT2D eigenvalue weighted by Gasteiger charge is 2.19. The first-order valence-corrected chi connectivity index (χ1v) is 7.66. The first kappa shape index (κ1) is 12.3. The molecular weight excluding hydrogens is 216 g/mol. The minimum Gasteiger partial charge on any atom is -0.362 e. The second-order valence-corrected chi connectivity index (χ2v) is 6.53. The van der Waals surface area contributed by atoms with Gasteiger partial charge in [-0.15, -0.1) is 0 Å². The van der Waals surface area contributed by atoms with E-state index in [2.05, 4.69) is 24.2 Å². The molecule has 3 unspecified atom stereocenters. The molecule has 0 aromatic rings. The molecule has 1 aliphatic carbocycles. The second-order valence-electron chi connectivity index (χ2n) is 5.52. The summed E-state index contributed by atoms with van der Waals surface area (Å²) in [4.78, 5) is 4.62. The lowest BCUT2D eigenvalue weighted by molar-refractivity contribution is 0.490. The summed E-state index contributed by atoms with van der Waals surface area (Å²) in [6.07, 6.45) is 6.84. The largest absolute Gasteiger partial charge is 0.362 e. The highest BCUT2D eigenvalue weighted by molar-refractivity contribution is 8.13. The highest BCUT2D eigenvalue weighted by Crippen LogP contribution is 2.24. The lowest BCUT2D eigenvalue weighted by Gasteiger charge is -2.23. The maximum absolute atomic E-state index is 4.62. The minimum absolute atomic E-state index is 0.685. The molecule has 2 aliphatic rings. The van der Waals surface area contributed by atoms with Crippen molar-refractivity contribution >= 4 is 16.9 Å². The van der Waals surface area contributed by atoms with Gasteiger partial charge in [-0.2, -0.15) is 0 Å². The molecule has 0 radical (unpaired) electrons. The Labute approximate surface area is 104 Å². The van der Waals surface area contributed by atoms with Crippen LogP contribution in [-0.4, -0.2) is 23.5 Å². The summed E-state index contributed by atoms with van der Waals surface area (Å²) >= 11 is 1.91. The van der Waals surface area contributed by atoms with Crippen molar-refractivity contribution in [2.45, 2.75) is 52.0 Å². The lowest BCUT2D eigenvalue weighted by atomic mass is 10.0. The van der Waals surface area contributed by atoms with Crippen LogP contribution in [-0.2, 0) is 0 Å². The third-order valence-corrected chi connectivity index (χ3v) is 4.89. The first-order valence-electron chi connectivity index (χ1n) is 6.68. The van der Waals surface area contributed by atoms with E-state index in [1.807, 2.05) is 11.8 Å². The van der Waals surface area contributed by atoms with Crippen LogP contribution >= 0.6 is 11.8 Å². The summed E-state index contributed by atoms with van der Waals surface area (Å²) in [5, 5.41) is 4.86. The van der Waals surface area contributed by atoms with Gasteiger partial charge in [0.2, 0.25) is 0 Å². The van der Waals surface area contributed by atoms with Gasteiger partial charge in [-0.05, 0) is 31.1 Å². The molecule has 1 fully saturated rings. The fraction of sp³-hybridized carbons (Fsp3) is 0.923. The number of amidine groups is 1. The first-order chi connectivity index (χ1) is 7.74. The average molecular weight is 240 g/mol. The molecule has 3 heteroatoms. The van der Waals surface area contributed by atoms with Crippen molar-refractivity contribution < 1.29 is 0 Å². The van der Waals surface area contributed by atoms with E-state index in [1.165, 1.54) is 43.0 Å². The summed E-state index contributed by atoms with van der Waals surface area (Å²) in [6, 6.07) is 0.685. The number of aliphatic imine (C=N–C) groups is 1. The molecule has 16 heavy (non-hydrogen) atoms. The van der Waals surface area contributed by atoms with Crippen LogP contribution in [0.25, 0.3) is 0 Å². The number of hydrogen-bond donors (Lipinski definition) is 1. The van der Waals surface area contributed by atoms with Crippen molar-refractivity contribution in [2.75, 3.05) is 12.3 Å². The van der Waals surface area contributed by atoms with Crippen molar-refractivity contribution in [3.8, 4) is 0 Å². The van der Waals surface area contributed by atoms with Gasteiger partial charge in [-0.3, -0.25) is 4.99 Å². The smallest absolute Gasteiger partial charge is 0.156 e. The topological polar surface area (TPSA) is 24.4 Å². The van der Waals surface area contributed by atoms with Crippen molar-refractivity contribution in [1.82, 2.24) is 5.32 Å². The van der Waals surface area contributed by atoms with E-state index in [-0.39, 0.29) is 0 Å². The van der Waals surface area contributed by atoms with Crippen LogP contribution in [0.1, 0.15) is 46.0 Å². The standard InChI is InChI=1S/C13H24N2S/c1-10-4-3-5-12(7-6-10)15-13-14-8-11(2)9-16-13/h10-12H,3-9H2,1-2H3,(H,14,15). The predicted molar refractivity (Wildman–Crippen MR) is 73.1 cm³/mol. The molecule has 92 valence electrons. The van der Waals surface area contributed by atoms with Gasteiger partial charge in [-0.1, -0.05) is 38.5 Å². The van der Waals surface area contributed by atoms with Gasteiger partial charge in [0.1, 0.15) is 0 Å². The molecule has 3 atom stereocenters. The van der Waals surface area contributed by atoms with Crippen LogP contribution in [0.5, 0.6) is 0 Å². The third kappa shape index (κ3) is 3.69. The van der Waals surface area contributed by atoms with E-state index in [0.29, 0.717) is 6.04 Å². The molecule has 1 saturated carbocycles. The maximum atomic E-state index is 4.62. The number of hydrogen-bond acceptors (Lipinski definition) is 3. The Balaban J connectivity index is 1.80. The highest BCUT2D eigenvalue weighted by atomic mass is 32.2. The molecular formula is C13H24N2S. The van der Waals surface area contributed by atoms with Gasteiger partial charge < -0.3 is 5.32 Å². The van der Waals surface area contributed by atoms with E-state index in [1.54, 1.807) is 0 Å². The van der Waals surface area contributed by atoms with Crippen LogP contribution in [0.2, 0.25) is 0 Å². The molecule has 1 heterocycles. The van der Waals surface area contributed by atoms with Gasteiger partial charge in [-0.25, -0.2) is 0 Å². The molecule has 1 aliphatic heterocycles. The van der Waals surface area contributed by atoms with Crippen LogP contribution in [0, 0.1) is 11.8 Å². The predicted octanol–water partition coefficient (Wildman–Crippen LogP) is 3.28. The summed E-state index contributed by atoms with van der Waals surface area (Å²) in [7, 11) is 0. The summed E-state index contributed by atoms with van der Waals surface area (Å²) in [5.41, 5.74) is 0. The van der Waals surface area contributed by atoms with Crippen LogP contribution in [0.3, 0.4) is 0 Å². The Bertz CT molecular complexity index is 252. The molecule has 0 spiro atoms. The van der Waals surface area contributed by atoms with Crippen LogP contribution in [0.15, 0.2) is 4.99 Å². The van der Waals surface area contributed by atoms with Crippen LogP contribution < -0.4 is 5.32 Å². The van der Waals surface area contributed by atoms with Gasteiger partial charge in [0.25, 0.3) is 0 Å². The zero-order valence-electron chi connectivity index (χ0n) is 10.5. The Hall–Kier alpha value is -0.180. The minimum atomic E-state index is 0.685. The summed E-state index contributed by atoms with van der Waals surface area (Å²) < 4.78 is 0. The molecule has 2 rings (SSSR count). The molecule has 0 aromatic heterocycles. The molecule has 2 nitrogen and oxygen atoms in total. The Morgan fingerprint density at radius 1 is 1.12 bits per heavy atom. The van der Waals surface area contributed by atoms with Crippen LogP contribution in [0.4, 0.5) is 0 Å². The monoisotopic (exact) mass is 240 g/mol. The van der Waals surface area contributed by atoms with Gasteiger partial charge in [0, 0.05) is 18.3 Å². The molecule has 0 amide bonds. The van der Waals surface area contributed by atoms with Crippen molar-refractivity contribution in [2.24, 2.45) is 16.8 Å². The van der Waals surface area contributed by atoms with Gasteiger partial charge >= 0.3 is 0 Å². The Morgan fingerprint density at radius 2 is 2.00 bits per heavy atom. The SMILES string of the molecule is CC1CCCC(NC2=NCC(C)CS2)CC1. The van der Waals surface area contributed by atoms with Gasteiger partial charge in [0.05, 0.1) is 0 Å². The molecule has 1 N–H and O–H groups in total. The van der Waals surface area contributed by atoms with E-state index in [9.17, 15) is 0 Å². The number of thioether (sulfide) groups is 1. The molecule has 0 saturated heterocycles. The normalized spacial score (nSPS) is 36.4. The second kappa shape index (κ2) is 5.95. The summed E-state index contributed by atoms with van der Waals surface area (Å²) in [6.45, 7) is 5.68. The van der Waals surface area contributed by atoms with Crippen molar-refractivity contribution in [3.05, 3.63) is 0 Å². The zero-order chi connectivity index (χ0) is 11.4. The fourth-order valence-corrected chi connectivity index (χ4v) is 3.42. The number of nitrogens with zero attached hydrogens (tertiary/aromatic N) is 1. The zero-order valence-corrected chi connectivity index (χ0v) is 11.4.